The Bertz CT molecular complexity index is 821. The van der Waals surface area contributed by atoms with E-state index in [1.807, 2.05) is 24.3 Å². The molecule has 0 radical (unpaired) electrons. The maximum Gasteiger partial charge on any atom is 0.261 e. The number of aromatic amines is 1. The van der Waals surface area contributed by atoms with Crippen LogP contribution in [0.5, 0.6) is 5.75 Å². The summed E-state index contributed by atoms with van der Waals surface area (Å²) >= 11 is 0. The van der Waals surface area contributed by atoms with Gasteiger partial charge >= 0.3 is 0 Å². The number of nitrogens with zero attached hydrogens (tertiary/aromatic N) is 3. The van der Waals surface area contributed by atoms with E-state index in [1.54, 1.807) is 7.11 Å². The van der Waals surface area contributed by atoms with Gasteiger partial charge in [0.25, 0.3) is 5.56 Å². The lowest BCUT2D eigenvalue weighted by Crippen LogP contribution is -2.17. The normalized spacial score (nSPS) is 10.9. The molecular weight excluding hydrogens is 258 g/mol. The highest BCUT2D eigenvalue weighted by molar-refractivity contribution is 5.62. The van der Waals surface area contributed by atoms with E-state index < -0.39 is 0 Å². The molecule has 20 heavy (non-hydrogen) atoms. The summed E-state index contributed by atoms with van der Waals surface area (Å²) in [5, 5.41) is 6.68. The number of ether oxygens (including phenoxy) is 1. The number of nitrogens with two attached hydrogens (primary N) is 1. The number of hydrogen-bond acceptors (Lipinski definition) is 5. The average molecular weight is 271 g/mol. The zero-order chi connectivity index (χ0) is 14.1. The maximum atomic E-state index is 12.1. The van der Waals surface area contributed by atoms with Crippen LogP contribution < -0.4 is 16.0 Å². The highest BCUT2D eigenvalue weighted by Gasteiger charge is 2.10. The van der Waals surface area contributed by atoms with Crippen molar-refractivity contribution >= 4 is 5.78 Å². The van der Waals surface area contributed by atoms with Crippen molar-refractivity contribution in [1.29, 1.82) is 0 Å². The molecule has 0 aliphatic carbocycles. The van der Waals surface area contributed by atoms with Crippen molar-refractivity contribution in [2.45, 2.75) is 6.54 Å². The first kappa shape index (κ1) is 12.4. The molecule has 0 aliphatic heterocycles. The van der Waals surface area contributed by atoms with Gasteiger partial charge < -0.3 is 10.5 Å². The zero-order valence-electron chi connectivity index (χ0n) is 10.8. The van der Waals surface area contributed by atoms with Gasteiger partial charge in [-0.3, -0.25) is 4.79 Å². The summed E-state index contributed by atoms with van der Waals surface area (Å²) in [4.78, 5) is 16.5. The second kappa shape index (κ2) is 4.78. The Morgan fingerprint density at radius 2 is 2.25 bits per heavy atom. The Kier molecular flexibility index (Phi) is 2.96. The van der Waals surface area contributed by atoms with E-state index in [1.165, 1.54) is 10.5 Å². The predicted octanol–water partition coefficient (Wildman–Crippen LogP) is 0.552. The molecule has 0 saturated heterocycles. The van der Waals surface area contributed by atoms with Gasteiger partial charge in [-0.05, 0) is 12.1 Å². The highest BCUT2D eigenvalue weighted by atomic mass is 16.5. The molecule has 0 spiro atoms. The number of H-pyrrole nitrogens is 1. The van der Waals surface area contributed by atoms with E-state index in [0.29, 0.717) is 23.0 Å². The molecule has 0 fully saturated rings. The number of rotatable bonds is 3. The summed E-state index contributed by atoms with van der Waals surface area (Å²) in [5.74, 6) is 1.53. The van der Waals surface area contributed by atoms with Crippen molar-refractivity contribution in [3.05, 3.63) is 46.5 Å². The number of fused-ring (bicyclic) bond motifs is 1. The smallest absolute Gasteiger partial charge is 0.261 e. The molecule has 7 nitrogen and oxygen atoms in total. The first-order valence-corrected chi connectivity index (χ1v) is 6.04. The zero-order valence-corrected chi connectivity index (χ0v) is 10.8. The molecule has 0 bridgehead atoms. The standard InChI is InChI=1S/C13H13N5O2/c1-20-9-4-2-3-8(5-9)10-6-12(19)18-11(7-14)16-17-13(18)15-10/h2-6H,7,14H2,1H3,(H,15,17). The number of nitrogens with one attached hydrogen (secondary N) is 1. The van der Waals surface area contributed by atoms with Crippen molar-refractivity contribution < 1.29 is 4.74 Å². The van der Waals surface area contributed by atoms with Crippen molar-refractivity contribution in [3.63, 3.8) is 0 Å². The fraction of sp³-hybridized carbons (Fsp3) is 0.154. The number of methoxy groups -OCH3 is 1. The first-order valence-electron chi connectivity index (χ1n) is 6.04. The summed E-state index contributed by atoms with van der Waals surface area (Å²) < 4.78 is 6.53. The van der Waals surface area contributed by atoms with E-state index in [2.05, 4.69) is 15.2 Å². The quantitative estimate of drug-likeness (QED) is 0.725. The summed E-state index contributed by atoms with van der Waals surface area (Å²) in [7, 11) is 1.59. The SMILES string of the molecule is COc1cccc(-c2cc(=O)n3c(CN)n[nH]c3n2)c1. The summed E-state index contributed by atoms with van der Waals surface area (Å²) in [6, 6.07) is 8.81. The Morgan fingerprint density at radius 1 is 1.40 bits per heavy atom. The molecule has 0 saturated carbocycles. The number of aromatic nitrogens is 4. The van der Waals surface area contributed by atoms with Crippen LogP contribution >= 0.6 is 0 Å². The Balaban J connectivity index is 2.20. The lowest BCUT2D eigenvalue weighted by atomic mass is 10.1. The molecule has 3 rings (SSSR count). The van der Waals surface area contributed by atoms with Crippen molar-refractivity contribution in [3.8, 4) is 17.0 Å². The van der Waals surface area contributed by atoms with Crippen molar-refractivity contribution in [2.24, 2.45) is 5.73 Å². The molecule has 0 atom stereocenters. The lowest BCUT2D eigenvalue weighted by Gasteiger charge is -2.04. The predicted molar refractivity (Wildman–Crippen MR) is 73.5 cm³/mol. The first-order chi connectivity index (χ1) is 9.72. The van der Waals surface area contributed by atoms with Gasteiger partial charge in [0.2, 0.25) is 5.78 Å². The third-order valence-electron chi connectivity index (χ3n) is 3.01. The van der Waals surface area contributed by atoms with Gasteiger partial charge in [0.15, 0.2) is 5.82 Å². The van der Waals surface area contributed by atoms with Crippen LogP contribution in [-0.2, 0) is 6.54 Å². The topological polar surface area (TPSA) is 98.3 Å². The van der Waals surface area contributed by atoms with Gasteiger partial charge in [0.1, 0.15) is 5.75 Å². The molecule has 2 aromatic heterocycles. The van der Waals surface area contributed by atoms with Crippen LogP contribution in [-0.4, -0.2) is 26.7 Å². The van der Waals surface area contributed by atoms with E-state index >= 15 is 0 Å². The minimum absolute atomic E-state index is 0.167. The minimum Gasteiger partial charge on any atom is -0.497 e. The molecule has 0 unspecified atom stereocenters. The van der Waals surface area contributed by atoms with E-state index in [-0.39, 0.29) is 12.1 Å². The van der Waals surface area contributed by atoms with Crippen LogP contribution in [0.2, 0.25) is 0 Å². The van der Waals surface area contributed by atoms with Crippen LogP contribution in [0.25, 0.3) is 17.0 Å². The van der Waals surface area contributed by atoms with Crippen LogP contribution in [0.3, 0.4) is 0 Å². The van der Waals surface area contributed by atoms with E-state index in [4.69, 9.17) is 10.5 Å². The summed E-state index contributed by atoms with van der Waals surface area (Å²) in [6.45, 7) is 0.167. The molecule has 7 heteroatoms. The molecule has 2 heterocycles. The van der Waals surface area contributed by atoms with Crippen LogP contribution in [0.4, 0.5) is 0 Å². The highest BCUT2D eigenvalue weighted by Crippen LogP contribution is 2.21. The Hall–Kier alpha value is -2.67. The third kappa shape index (κ3) is 1.94. The van der Waals surface area contributed by atoms with Gasteiger partial charge in [-0.25, -0.2) is 14.5 Å². The number of benzene rings is 1. The van der Waals surface area contributed by atoms with Gasteiger partial charge in [0, 0.05) is 11.6 Å². The van der Waals surface area contributed by atoms with Crippen molar-refractivity contribution in [1.82, 2.24) is 19.6 Å². The number of hydrogen-bond donors (Lipinski definition) is 2. The maximum absolute atomic E-state index is 12.1. The summed E-state index contributed by atoms with van der Waals surface area (Å²) in [5.41, 5.74) is 6.66. The fourth-order valence-corrected chi connectivity index (χ4v) is 2.04. The molecular formula is C13H13N5O2. The van der Waals surface area contributed by atoms with Gasteiger partial charge in [-0.1, -0.05) is 12.1 Å². The molecule has 102 valence electrons. The van der Waals surface area contributed by atoms with Gasteiger partial charge in [0.05, 0.1) is 19.3 Å². The minimum atomic E-state index is -0.220. The van der Waals surface area contributed by atoms with Gasteiger partial charge in [-0.15, -0.1) is 0 Å². The molecule has 1 aromatic carbocycles. The molecule has 3 aromatic rings. The summed E-state index contributed by atoms with van der Waals surface area (Å²) in [6.07, 6.45) is 0. The lowest BCUT2D eigenvalue weighted by molar-refractivity contribution is 0.415. The van der Waals surface area contributed by atoms with Crippen molar-refractivity contribution in [2.75, 3.05) is 7.11 Å². The molecule has 0 aliphatic rings. The second-order valence-electron chi connectivity index (χ2n) is 4.21. The third-order valence-corrected chi connectivity index (χ3v) is 3.01. The molecule has 0 amide bonds. The monoisotopic (exact) mass is 271 g/mol. The van der Waals surface area contributed by atoms with Crippen LogP contribution in [0.15, 0.2) is 35.1 Å². The Labute approximate surface area is 114 Å². The van der Waals surface area contributed by atoms with E-state index in [9.17, 15) is 4.79 Å². The van der Waals surface area contributed by atoms with Crippen LogP contribution in [0.1, 0.15) is 5.82 Å². The van der Waals surface area contributed by atoms with Gasteiger partial charge in [-0.2, -0.15) is 5.10 Å². The fourth-order valence-electron chi connectivity index (χ4n) is 2.04. The second-order valence-corrected chi connectivity index (χ2v) is 4.21. The largest absolute Gasteiger partial charge is 0.497 e. The molecule has 3 N–H and O–H groups in total. The van der Waals surface area contributed by atoms with E-state index in [0.717, 1.165) is 5.56 Å². The Morgan fingerprint density at radius 3 is 3.00 bits per heavy atom. The average Bonchev–Trinajstić information content (AvgIpc) is 2.91. The van der Waals surface area contributed by atoms with Crippen LogP contribution in [0, 0.1) is 0 Å².